The van der Waals surface area contributed by atoms with Gasteiger partial charge in [-0.1, -0.05) is 20.8 Å². The van der Waals surface area contributed by atoms with Crippen LogP contribution >= 0.6 is 11.8 Å². The predicted molar refractivity (Wildman–Crippen MR) is 58.9 cm³/mol. The van der Waals surface area contributed by atoms with E-state index in [-0.39, 0.29) is 4.75 Å². The predicted octanol–water partition coefficient (Wildman–Crippen LogP) is 3.55. The Morgan fingerprint density at radius 1 is 1.23 bits per heavy atom. The monoisotopic (exact) mass is 198 g/mol. The summed E-state index contributed by atoms with van der Waals surface area (Å²) in [5, 5.41) is 2.07. The topological polar surface area (TPSA) is 17.1 Å². The SMILES string of the molecule is CC(C)(C)SC=C1CCCCC1=O. The van der Waals surface area contributed by atoms with Gasteiger partial charge in [0.05, 0.1) is 0 Å². The van der Waals surface area contributed by atoms with Gasteiger partial charge in [0.1, 0.15) is 0 Å². The third-order valence-electron chi connectivity index (χ3n) is 2.01. The van der Waals surface area contributed by atoms with Gasteiger partial charge in [0.15, 0.2) is 5.78 Å². The van der Waals surface area contributed by atoms with E-state index in [1.165, 1.54) is 6.42 Å². The van der Waals surface area contributed by atoms with Crippen molar-refractivity contribution in [1.82, 2.24) is 0 Å². The lowest BCUT2D eigenvalue weighted by Crippen LogP contribution is -2.10. The number of hydrogen-bond acceptors (Lipinski definition) is 2. The maximum absolute atomic E-state index is 11.4. The molecule has 74 valence electrons. The number of hydrogen-bond donors (Lipinski definition) is 0. The molecular weight excluding hydrogens is 180 g/mol. The normalized spacial score (nSPS) is 22.4. The van der Waals surface area contributed by atoms with Crippen LogP contribution in [0, 0.1) is 0 Å². The number of Topliss-reactive ketones (excluding diaryl/α,β-unsaturated/α-hetero) is 1. The van der Waals surface area contributed by atoms with E-state index in [1.54, 1.807) is 11.8 Å². The second-order valence-corrected chi connectivity index (χ2v) is 6.20. The molecule has 2 heteroatoms. The quantitative estimate of drug-likeness (QED) is 0.599. The average molecular weight is 198 g/mol. The van der Waals surface area contributed by atoms with Crippen molar-refractivity contribution in [3.05, 3.63) is 11.0 Å². The Kier molecular flexibility index (Phi) is 3.60. The summed E-state index contributed by atoms with van der Waals surface area (Å²) >= 11 is 1.76. The van der Waals surface area contributed by atoms with Crippen molar-refractivity contribution in [2.24, 2.45) is 0 Å². The molecular formula is C11H18OS. The summed E-state index contributed by atoms with van der Waals surface area (Å²) in [6.07, 6.45) is 4.01. The molecule has 0 atom stereocenters. The molecule has 0 amide bonds. The first-order valence-corrected chi connectivity index (χ1v) is 5.77. The molecule has 1 saturated carbocycles. The van der Waals surface area contributed by atoms with Crippen molar-refractivity contribution in [3.63, 3.8) is 0 Å². The highest BCUT2D eigenvalue weighted by Crippen LogP contribution is 2.29. The van der Waals surface area contributed by atoms with Crippen molar-refractivity contribution < 1.29 is 4.79 Å². The number of carbonyl (C=O) groups excluding carboxylic acids is 1. The Morgan fingerprint density at radius 3 is 2.38 bits per heavy atom. The highest BCUT2D eigenvalue weighted by Gasteiger charge is 2.16. The fourth-order valence-electron chi connectivity index (χ4n) is 1.27. The van der Waals surface area contributed by atoms with Gasteiger partial charge in [-0.05, 0) is 24.7 Å². The van der Waals surface area contributed by atoms with E-state index in [2.05, 4.69) is 26.2 Å². The van der Waals surface area contributed by atoms with Crippen LogP contribution in [0.5, 0.6) is 0 Å². The Labute approximate surface area is 85.0 Å². The average Bonchev–Trinajstić information content (AvgIpc) is 2.01. The Bertz CT molecular complexity index is 223. The molecule has 1 aliphatic rings. The third kappa shape index (κ3) is 3.99. The van der Waals surface area contributed by atoms with Gasteiger partial charge in [-0.3, -0.25) is 4.79 Å². The second kappa shape index (κ2) is 4.32. The Balaban J connectivity index is 2.54. The van der Waals surface area contributed by atoms with Crippen molar-refractivity contribution >= 4 is 17.5 Å². The van der Waals surface area contributed by atoms with E-state index < -0.39 is 0 Å². The van der Waals surface area contributed by atoms with Gasteiger partial charge in [-0.15, -0.1) is 11.8 Å². The van der Waals surface area contributed by atoms with Gasteiger partial charge in [0, 0.05) is 16.7 Å². The molecule has 0 aromatic carbocycles. The lowest BCUT2D eigenvalue weighted by Gasteiger charge is -2.17. The van der Waals surface area contributed by atoms with Gasteiger partial charge in [-0.2, -0.15) is 0 Å². The van der Waals surface area contributed by atoms with Crippen molar-refractivity contribution in [2.75, 3.05) is 0 Å². The van der Waals surface area contributed by atoms with Crippen LogP contribution in [0.15, 0.2) is 11.0 Å². The minimum absolute atomic E-state index is 0.227. The summed E-state index contributed by atoms with van der Waals surface area (Å²) in [5.74, 6) is 0.364. The zero-order valence-electron chi connectivity index (χ0n) is 8.72. The molecule has 1 fully saturated rings. The van der Waals surface area contributed by atoms with Gasteiger partial charge < -0.3 is 0 Å². The van der Waals surface area contributed by atoms with E-state index >= 15 is 0 Å². The summed E-state index contributed by atoms with van der Waals surface area (Å²) in [4.78, 5) is 11.4. The van der Waals surface area contributed by atoms with E-state index in [1.807, 2.05) is 0 Å². The molecule has 0 spiro atoms. The summed E-state index contributed by atoms with van der Waals surface area (Å²) in [6.45, 7) is 6.51. The van der Waals surface area contributed by atoms with Crippen LogP contribution in [0.3, 0.4) is 0 Å². The van der Waals surface area contributed by atoms with Crippen LogP contribution in [0.25, 0.3) is 0 Å². The number of allylic oxidation sites excluding steroid dienone is 1. The molecule has 0 aromatic heterocycles. The zero-order valence-corrected chi connectivity index (χ0v) is 9.54. The molecule has 0 radical (unpaired) electrons. The fraction of sp³-hybridized carbons (Fsp3) is 0.727. The smallest absolute Gasteiger partial charge is 0.159 e. The lowest BCUT2D eigenvalue weighted by molar-refractivity contribution is -0.116. The molecule has 0 bridgehead atoms. The summed E-state index contributed by atoms with van der Waals surface area (Å²) in [5.41, 5.74) is 1.05. The highest BCUT2D eigenvalue weighted by molar-refractivity contribution is 8.03. The van der Waals surface area contributed by atoms with E-state index in [4.69, 9.17) is 0 Å². The largest absolute Gasteiger partial charge is 0.295 e. The minimum Gasteiger partial charge on any atom is -0.295 e. The first-order chi connectivity index (χ1) is 5.99. The van der Waals surface area contributed by atoms with Crippen LogP contribution < -0.4 is 0 Å². The summed E-state index contributed by atoms with van der Waals surface area (Å²) in [7, 11) is 0. The molecule has 0 aromatic rings. The minimum atomic E-state index is 0.227. The standard InChI is InChI=1S/C11H18OS/c1-11(2,3)13-8-9-6-4-5-7-10(9)12/h8H,4-7H2,1-3H3. The van der Waals surface area contributed by atoms with Gasteiger partial charge in [0.2, 0.25) is 0 Å². The van der Waals surface area contributed by atoms with Crippen LogP contribution in [-0.4, -0.2) is 10.5 Å². The van der Waals surface area contributed by atoms with Gasteiger partial charge in [0.25, 0.3) is 0 Å². The first-order valence-electron chi connectivity index (χ1n) is 4.89. The third-order valence-corrected chi connectivity index (χ3v) is 3.12. The van der Waals surface area contributed by atoms with Crippen molar-refractivity contribution in [1.29, 1.82) is 0 Å². The van der Waals surface area contributed by atoms with Crippen LogP contribution in [-0.2, 0) is 4.79 Å². The van der Waals surface area contributed by atoms with Gasteiger partial charge in [-0.25, -0.2) is 0 Å². The molecule has 0 unspecified atom stereocenters. The number of rotatable bonds is 1. The first kappa shape index (κ1) is 10.8. The highest BCUT2D eigenvalue weighted by atomic mass is 32.2. The van der Waals surface area contributed by atoms with E-state index in [9.17, 15) is 4.79 Å². The lowest BCUT2D eigenvalue weighted by atomic mass is 9.95. The fourth-order valence-corrected chi connectivity index (χ4v) is 2.02. The van der Waals surface area contributed by atoms with Gasteiger partial charge >= 0.3 is 0 Å². The molecule has 13 heavy (non-hydrogen) atoms. The number of thioether (sulfide) groups is 1. The van der Waals surface area contributed by atoms with E-state index in [0.717, 1.165) is 24.8 Å². The Morgan fingerprint density at radius 2 is 1.85 bits per heavy atom. The molecule has 0 heterocycles. The maximum atomic E-state index is 11.4. The summed E-state index contributed by atoms with van der Waals surface area (Å²) < 4.78 is 0.227. The van der Waals surface area contributed by atoms with E-state index in [0.29, 0.717) is 5.78 Å². The second-order valence-electron chi connectivity index (χ2n) is 4.50. The maximum Gasteiger partial charge on any atom is 0.159 e. The molecule has 1 rings (SSSR count). The number of ketones is 1. The molecule has 1 nitrogen and oxygen atoms in total. The zero-order chi connectivity index (χ0) is 9.90. The Hall–Kier alpha value is -0.240. The molecule has 0 saturated heterocycles. The van der Waals surface area contributed by atoms with Crippen molar-refractivity contribution in [3.8, 4) is 0 Å². The van der Waals surface area contributed by atoms with Crippen LogP contribution in [0.1, 0.15) is 46.5 Å². The van der Waals surface area contributed by atoms with Crippen LogP contribution in [0.2, 0.25) is 0 Å². The van der Waals surface area contributed by atoms with Crippen molar-refractivity contribution in [2.45, 2.75) is 51.2 Å². The molecule has 0 aliphatic heterocycles. The molecule has 0 N–H and O–H groups in total. The summed E-state index contributed by atoms with van der Waals surface area (Å²) in [6, 6.07) is 0. The number of carbonyl (C=O) groups is 1. The van der Waals surface area contributed by atoms with Crippen LogP contribution in [0.4, 0.5) is 0 Å². The molecule has 1 aliphatic carbocycles.